The molecule has 1 N–H and O–H groups in total. The summed E-state index contributed by atoms with van der Waals surface area (Å²) in [5.41, 5.74) is 0.106. The molecule has 1 aliphatic rings. The molecule has 118 valence electrons. The van der Waals surface area contributed by atoms with E-state index in [0.717, 1.165) is 12.2 Å². The van der Waals surface area contributed by atoms with Crippen molar-refractivity contribution in [3.63, 3.8) is 0 Å². The number of ketones is 2. The molecule has 0 amide bonds. The molecule has 2 rings (SSSR count). The van der Waals surface area contributed by atoms with E-state index in [0.29, 0.717) is 5.56 Å². The molecule has 0 unspecified atom stereocenters. The van der Waals surface area contributed by atoms with Crippen LogP contribution in [0.1, 0.15) is 51.8 Å². The maximum Gasteiger partial charge on any atom is 0.186 e. The van der Waals surface area contributed by atoms with Crippen molar-refractivity contribution in [2.75, 3.05) is 19.6 Å². The molecule has 0 aromatic heterocycles. The van der Waals surface area contributed by atoms with Gasteiger partial charge in [0.2, 0.25) is 0 Å². The summed E-state index contributed by atoms with van der Waals surface area (Å²) in [6, 6.07) is 3.85. The first-order valence-electron chi connectivity index (χ1n) is 7.40. The molecule has 5 heteroatoms. The van der Waals surface area contributed by atoms with Crippen molar-refractivity contribution in [3.8, 4) is 0 Å². The van der Waals surface area contributed by atoms with Gasteiger partial charge in [-0.1, -0.05) is 12.1 Å². The first-order valence-corrected chi connectivity index (χ1v) is 7.40. The average molecular weight is 303 g/mol. The van der Waals surface area contributed by atoms with Crippen LogP contribution in [0.25, 0.3) is 0 Å². The number of benzene rings is 1. The lowest BCUT2D eigenvalue weighted by atomic mass is 10.0. The number of carboxylic acid groups (broad SMARTS) is 1. The number of nitrogens with one attached hydrogen (secondary N) is 1. The molecular formula is C17H21NO4. The smallest absolute Gasteiger partial charge is 0.186 e. The Morgan fingerprint density at radius 2 is 1.55 bits per heavy atom. The Labute approximate surface area is 130 Å². The van der Waals surface area contributed by atoms with Gasteiger partial charge in [-0.15, -0.1) is 0 Å². The molecule has 1 aromatic carbocycles. The van der Waals surface area contributed by atoms with Crippen molar-refractivity contribution in [2.24, 2.45) is 0 Å². The molecule has 22 heavy (non-hydrogen) atoms. The number of hydrogen-bond acceptors (Lipinski definition) is 4. The van der Waals surface area contributed by atoms with Gasteiger partial charge in [-0.25, -0.2) is 0 Å². The molecular weight excluding hydrogens is 282 g/mol. The van der Waals surface area contributed by atoms with Gasteiger partial charge in [-0.05, 0) is 39.0 Å². The normalized spacial score (nSPS) is 12.7. The van der Waals surface area contributed by atoms with Crippen LogP contribution in [0.3, 0.4) is 0 Å². The lowest BCUT2D eigenvalue weighted by molar-refractivity contribution is -0.894. The molecule has 0 atom stereocenters. The number of carbonyl (C=O) groups excluding carboxylic acids is 3. The van der Waals surface area contributed by atoms with E-state index in [1.807, 2.05) is 0 Å². The van der Waals surface area contributed by atoms with Crippen LogP contribution < -0.4 is 10.0 Å². The van der Waals surface area contributed by atoms with Crippen LogP contribution in [0, 0.1) is 0 Å². The molecule has 2 bridgehead atoms. The second kappa shape index (κ2) is 8.24. The number of hydrogen-bond donors (Lipinski definition) is 1. The van der Waals surface area contributed by atoms with Crippen LogP contribution in [-0.2, 0) is 0 Å². The third-order valence-corrected chi connectivity index (χ3v) is 3.68. The number of carbonyl (C=O) groups is 3. The number of allylic oxidation sites excluding steroid dienone is 2. The van der Waals surface area contributed by atoms with Crippen molar-refractivity contribution < 1.29 is 24.4 Å². The molecule has 5 nitrogen and oxygen atoms in total. The largest absolute Gasteiger partial charge is 0.545 e. The summed E-state index contributed by atoms with van der Waals surface area (Å²) in [5, 5.41) is 10.7. The highest BCUT2D eigenvalue weighted by Gasteiger charge is 2.16. The Hall–Kier alpha value is -2.27. The summed E-state index contributed by atoms with van der Waals surface area (Å²) in [6.45, 7) is 10.5. The predicted molar refractivity (Wildman–Crippen MR) is 81.2 cm³/mol. The highest BCUT2D eigenvalue weighted by molar-refractivity contribution is 6.18. The minimum Gasteiger partial charge on any atom is -0.545 e. The van der Waals surface area contributed by atoms with E-state index in [-0.39, 0.29) is 16.9 Å². The molecule has 0 heterocycles. The first kappa shape index (κ1) is 17.8. The highest BCUT2D eigenvalue weighted by Crippen LogP contribution is 2.17. The van der Waals surface area contributed by atoms with E-state index in [9.17, 15) is 19.5 Å². The van der Waals surface area contributed by atoms with Crippen LogP contribution in [0.4, 0.5) is 0 Å². The second-order valence-corrected chi connectivity index (χ2v) is 4.92. The van der Waals surface area contributed by atoms with Crippen LogP contribution in [0.2, 0.25) is 0 Å². The van der Waals surface area contributed by atoms with Gasteiger partial charge in [-0.3, -0.25) is 9.59 Å². The number of carboxylic acids is 1. The number of fused-ring (bicyclic) bond motifs is 2. The molecule has 0 saturated heterocycles. The molecule has 0 aliphatic heterocycles. The zero-order valence-corrected chi connectivity index (χ0v) is 13.1. The fraction of sp³-hybridized carbons (Fsp3) is 0.353. The van der Waals surface area contributed by atoms with Gasteiger partial charge in [0.25, 0.3) is 0 Å². The molecule has 1 aromatic rings. The molecule has 0 fully saturated rings. The summed E-state index contributed by atoms with van der Waals surface area (Å²) >= 11 is 0. The van der Waals surface area contributed by atoms with Crippen molar-refractivity contribution in [1.82, 2.24) is 0 Å². The maximum absolute atomic E-state index is 11.4. The molecule has 1 aliphatic carbocycles. The minimum atomic E-state index is -1.42. The topological polar surface area (TPSA) is 78.7 Å². The lowest BCUT2D eigenvalue weighted by Crippen LogP contribution is -3.11. The Bertz CT molecular complexity index is 595. The van der Waals surface area contributed by atoms with Gasteiger partial charge in [0, 0.05) is 16.7 Å². The number of quaternary nitrogens is 1. The number of aromatic carboxylic acids is 1. The molecule has 0 radical (unpaired) electrons. The summed E-state index contributed by atoms with van der Waals surface area (Å²) in [5.74, 6) is -2.23. The standard InChI is InChI=1S/C11H6O4.C6H15N/c12-9-3-4-10(13)8-5-6(9)1-2-7(8)11(14)15;1-4-7(5-2)6-3/h1-5H,(H,14,15);4-6H2,1-3H3. The van der Waals surface area contributed by atoms with Gasteiger partial charge in [0.05, 0.1) is 25.6 Å². The summed E-state index contributed by atoms with van der Waals surface area (Å²) in [6.07, 6.45) is 2.20. The number of rotatable bonds is 4. The summed E-state index contributed by atoms with van der Waals surface area (Å²) < 4.78 is 0. The van der Waals surface area contributed by atoms with Crippen molar-refractivity contribution in [3.05, 3.63) is 47.0 Å². The van der Waals surface area contributed by atoms with Crippen LogP contribution in [0.5, 0.6) is 0 Å². The van der Waals surface area contributed by atoms with E-state index >= 15 is 0 Å². The lowest BCUT2D eigenvalue weighted by Gasteiger charge is -2.10. The Morgan fingerprint density at radius 3 is 2.00 bits per heavy atom. The first-order chi connectivity index (χ1) is 10.4. The summed E-state index contributed by atoms with van der Waals surface area (Å²) in [4.78, 5) is 35.1. The zero-order valence-electron chi connectivity index (χ0n) is 13.1. The third kappa shape index (κ3) is 4.36. The van der Waals surface area contributed by atoms with E-state index < -0.39 is 11.8 Å². The third-order valence-electron chi connectivity index (χ3n) is 3.68. The van der Waals surface area contributed by atoms with Crippen molar-refractivity contribution in [1.29, 1.82) is 0 Å². The highest BCUT2D eigenvalue weighted by atomic mass is 16.4. The van der Waals surface area contributed by atoms with Gasteiger partial charge in [0.15, 0.2) is 11.6 Å². The maximum atomic E-state index is 11.4. The minimum absolute atomic E-state index is 0.00500. The van der Waals surface area contributed by atoms with E-state index in [4.69, 9.17) is 0 Å². The average Bonchev–Trinajstić information content (AvgIpc) is 2.62. The van der Waals surface area contributed by atoms with E-state index in [2.05, 4.69) is 20.8 Å². The molecule has 0 saturated carbocycles. The van der Waals surface area contributed by atoms with E-state index in [1.54, 1.807) is 4.90 Å². The molecule has 0 spiro atoms. The van der Waals surface area contributed by atoms with Gasteiger partial charge in [-0.2, -0.15) is 0 Å². The van der Waals surface area contributed by atoms with Crippen LogP contribution >= 0.6 is 0 Å². The van der Waals surface area contributed by atoms with Gasteiger partial charge >= 0.3 is 0 Å². The van der Waals surface area contributed by atoms with Crippen LogP contribution in [0.15, 0.2) is 30.4 Å². The fourth-order valence-corrected chi connectivity index (χ4v) is 2.17. The van der Waals surface area contributed by atoms with Crippen molar-refractivity contribution >= 4 is 17.5 Å². The second-order valence-electron chi connectivity index (χ2n) is 4.92. The summed E-state index contributed by atoms with van der Waals surface area (Å²) in [7, 11) is 0. The SMILES string of the molecule is CC[NH+](CC)CC.O=C1C=CC(=O)c2cc1ccc2C(=O)[O-]. The quantitative estimate of drug-likeness (QED) is 0.843. The van der Waals surface area contributed by atoms with E-state index in [1.165, 1.54) is 37.8 Å². The monoisotopic (exact) mass is 303 g/mol. The Balaban J connectivity index is 0.000000295. The van der Waals surface area contributed by atoms with Crippen molar-refractivity contribution in [2.45, 2.75) is 20.8 Å². The van der Waals surface area contributed by atoms with Gasteiger partial charge in [0.1, 0.15) is 0 Å². The Morgan fingerprint density at radius 1 is 1.00 bits per heavy atom. The van der Waals surface area contributed by atoms with Gasteiger partial charge < -0.3 is 14.8 Å². The van der Waals surface area contributed by atoms with Crippen LogP contribution in [-0.4, -0.2) is 37.2 Å². The Kier molecular flexibility index (Phi) is 6.66. The fourth-order valence-electron chi connectivity index (χ4n) is 2.17. The zero-order chi connectivity index (χ0) is 16.7. The predicted octanol–water partition coefficient (Wildman–Crippen LogP) is -0.0837.